The quantitative estimate of drug-likeness (QED) is 0.251. The minimum Gasteiger partial charge on any atom is -0.455 e. The highest BCUT2D eigenvalue weighted by Crippen LogP contribution is 2.55. The minimum absolute atomic E-state index is 0.683. The van der Waals surface area contributed by atoms with Gasteiger partial charge >= 0.3 is 11.5 Å². The molecule has 9 rings (SSSR count). The van der Waals surface area contributed by atoms with E-state index in [2.05, 4.69) is 112 Å². The van der Waals surface area contributed by atoms with Crippen molar-refractivity contribution in [2.45, 2.75) is 12.6 Å². The van der Waals surface area contributed by atoms with E-state index in [0.717, 1.165) is 45.6 Å². The Hall–Kier alpha value is -5.16. The van der Waals surface area contributed by atoms with Crippen LogP contribution in [0.1, 0.15) is 16.7 Å². The fourth-order valence-electron chi connectivity index (χ4n) is 6.72. The number of ether oxygens (including phenoxy) is 2. The summed E-state index contributed by atoms with van der Waals surface area (Å²) in [6, 6.07) is 37.9. The average Bonchev–Trinajstić information content (AvgIpc) is 3.47. The molecule has 5 heterocycles. The molecule has 3 aliphatic rings. The molecule has 6 aromatic rings. The summed E-state index contributed by atoms with van der Waals surface area (Å²) in [5.74, 6) is 3.28. The van der Waals surface area contributed by atoms with Crippen LogP contribution in [0.3, 0.4) is 0 Å². The van der Waals surface area contributed by atoms with Gasteiger partial charge in [0.05, 0.1) is 6.07 Å². The molecule has 0 fully saturated rings. The standard InChI is InChI=1S/C34H23N3O2/c1-22-21-36-34-31-26(37(36)33(22)25-18-16-24(17-19-25)23-9-3-2-4-10-23)11-7-12-27(31)38-28-13-8-14-29(32(28)34)39-30-15-5-6-20-35(30)34/h2-21H,1H3/q+2. The topological polar surface area (TPSA) is 31.1 Å². The summed E-state index contributed by atoms with van der Waals surface area (Å²) in [6.07, 6.45) is 4.38. The van der Waals surface area contributed by atoms with Gasteiger partial charge in [0.1, 0.15) is 22.9 Å². The molecule has 2 aromatic heterocycles. The number of pyridine rings is 1. The van der Waals surface area contributed by atoms with Crippen LogP contribution >= 0.6 is 0 Å². The first-order valence-corrected chi connectivity index (χ1v) is 13.2. The third-order valence-electron chi connectivity index (χ3n) is 8.24. The Bertz CT molecular complexity index is 1960. The van der Waals surface area contributed by atoms with Crippen LogP contribution in [0, 0.1) is 6.92 Å². The Morgan fingerprint density at radius 3 is 2.10 bits per heavy atom. The number of fused-ring (bicyclic) bond motifs is 3. The Labute approximate surface area is 225 Å². The Morgan fingerprint density at radius 1 is 0.615 bits per heavy atom. The maximum Gasteiger partial charge on any atom is 0.452 e. The first-order valence-electron chi connectivity index (χ1n) is 13.2. The number of hydrogen-bond donors (Lipinski definition) is 0. The highest BCUT2D eigenvalue weighted by atomic mass is 16.5. The summed E-state index contributed by atoms with van der Waals surface area (Å²) in [5, 5.41) is 0. The number of nitrogens with zero attached hydrogens (tertiary/aromatic N) is 3. The van der Waals surface area contributed by atoms with Crippen LogP contribution in [0.2, 0.25) is 0 Å². The van der Waals surface area contributed by atoms with Gasteiger partial charge in [-0.15, -0.1) is 4.68 Å². The van der Waals surface area contributed by atoms with Gasteiger partial charge in [0.25, 0.3) is 0 Å². The lowest BCUT2D eigenvalue weighted by Crippen LogP contribution is -2.75. The van der Waals surface area contributed by atoms with Gasteiger partial charge < -0.3 is 9.47 Å². The van der Waals surface area contributed by atoms with Crippen molar-refractivity contribution in [2.75, 3.05) is 0 Å². The molecule has 4 aromatic carbocycles. The molecule has 1 unspecified atom stereocenters. The van der Waals surface area contributed by atoms with Crippen LogP contribution in [0.5, 0.6) is 23.1 Å². The van der Waals surface area contributed by atoms with Crippen molar-refractivity contribution >= 4 is 0 Å². The maximum atomic E-state index is 6.55. The van der Waals surface area contributed by atoms with Gasteiger partial charge in [0.15, 0.2) is 23.1 Å². The Kier molecular flexibility index (Phi) is 3.87. The van der Waals surface area contributed by atoms with Gasteiger partial charge in [-0.05, 0) is 53.1 Å². The van der Waals surface area contributed by atoms with Crippen LogP contribution in [0.4, 0.5) is 0 Å². The van der Waals surface area contributed by atoms with Gasteiger partial charge in [-0.2, -0.15) is 0 Å². The van der Waals surface area contributed by atoms with E-state index in [1.54, 1.807) is 0 Å². The molecule has 5 nitrogen and oxygen atoms in total. The minimum atomic E-state index is -0.683. The molecule has 3 aliphatic heterocycles. The average molecular weight is 506 g/mol. The summed E-state index contributed by atoms with van der Waals surface area (Å²) in [6.45, 7) is 2.20. The molecular weight excluding hydrogens is 482 g/mol. The van der Waals surface area contributed by atoms with Crippen LogP contribution in [0.15, 0.2) is 122 Å². The van der Waals surface area contributed by atoms with E-state index in [1.807, 2.05) is 30.3 Å². The second-order valence-corrected chi connectivity index (χ2v) is 10.3. The van der Waals surface area contributed by atoms with Gasteiger partial charge in [-0.25, -0.2) is 0 Å². The Balaban J connectivity index is 1.36. The van der Waals surface area contributed by atoms with Crippen LogP contribution in [-0.2, 0) is 5.66 Å². The first-order chi connectivity index (χ1) is 19.2. The molecule has 1 atom stereocenters. The number of benzene rings is 4. The molecule has 0 radical (unpaired) electrons. The Morgan fingerprint density at radius 2 is 1.28 bits per heavy atom. The molecule has 5 heteroatoms. The molecule has 184 valence electrons. The maximum absolute atomic E-state index is 6.55. The smallest absolute Gasteiger partial charge is 0.452 e. The van der Waals surface area contributed by atoms with Gasteiger partial charge in [0, 0.05) is 17.2 Å². The molecule has 0 aliphatic carbocycles. The molecule has 39 heavy (non-hydrogen) atoms. The molecule has 0 N–H and O–H groups in total. The third-order valence-corrected chi connectivity index (χ3v) is 8.24. The SMILES string of the molecule is Cc1c[n+]2n(c1-c1ccc(-c3ccccc3)cc1)-c1cccc3c1C21c2c(cccc2Oc2cccc[n+]21)O3. The molecule has 1 spiro atoms. The zero-order valence-electron chi connectivity index (χ0n) is 21.2. The fraction of sp³-hybridized carbons (Fsp3) is 0.0588. The molecule has 0 amide bonds. The molecular formula is C34H23N3O2+2. The van der Waals surface area contributed by atoms with E-state index < -0.39 is 5.66 Å². The van der Waals surface area contributed by atoms with E-state index in [4.69, 9.17) is 9.47 Å². The second kappa shape index (κ2) is 7.23. The van der Waals surface area contributed by atoms with Crippen LogP contribution in [-0.4, -0.2) is 4.68 Å². The number of rotatable bonds is 2. The van der Waals surface area contributed by atoms with Crippen LogP contribution in [0.25, 0.3) is 28.1 Å². The largest absolute Gasteiger partial charge is 0.455 e. The summed E-state index contributed by atoms with van der Waals surface area (Å²) in [4.78, 5) is 0. The lowest BCUT2D eigenvalue weighted by molar-refractivity contribution is -0.997. The van der Waals surface area contributed by atoms with E-state index in [-0.39, 0.29) is 0 Å². The van der Waals surface area contributed by atoms with Crippen molar-refractivity contribution in [3.8, 4) is 51.2 Å². The highest BCUT2D eigenvalue weighted by Gasteiger charge is 2.71. The van der Waals surface area contributed by atoms with Crippen molar-refractivity contribution in [2.24, 2.45) is 0 Å². The van der Waals surface area contributed by atoms with Crippen molar-refractivity contribution in [3.63, 3.8) is 0 Å². The normalized spacial score (nSPS) is 16.8. The number of hydrogen-bond acceptors (Lipinski definition) is 2. The highest BCUT2D eigenvalue weighted by molar-refractivity contribution is 5.73. The van der Waals surface area contributed by atoms with E-state index >= 15 is 0 Å². The zero-order valence-corrected chi connectivity index (χ0v) is 21.2. The van der Waals surface area contributed by atoms with Gasteiger partial charge in [-0.3, -0.25) is 0 Å². The third kappa shape index (κ3) is 2.50. The summed E-state index contributed by atoms with van der Waals surface area (Å²) >= 11 is 0. The van der Waals surface area contributed by atoms with Crippen LogP contribution < -0.4 is 18.7 Å². The van der Waals surface area contributed by atoms with Gasteiger partial charge in [-0.1, -0.05) is 71.3 Å². The molecule has 0 bridgehead atoms. The monoisotopic (exact) mass is 505 g/mol. The lowest BCUT2D eigenvalue weighted by Gasteiger charge is -2.31. The predicted molar refractivity (Wildman–Crippen MR) is 146 cm³/mol. The number of aryl methyl sites for hydroxylation is 1. The van der Waals surface area contributed by atoms with E-state index in [0.29, 0.717) is 0 Å². The zero-order chi connectivity index (χ0) is 25.7. The number of aromatic nitrogens is 3. The van der Waals surface area contributed by atoms with Crippen molar-refractivity contribution in [1.29, 1.82) is 0 Å². The summed E-state index contributed by atoms with van der Waals surface area (Å²) in [5.41, 5.74) is 8.50. The molecule has 0 saturated carbocycles. The fourth-order valence-corrected chi connectivity index (χ4v) is 6.72. The molecule has 0 saturated heterocycles. The summed E-state index contributed by atoms with van der Waals surface area (Å²) < 4.78 is 20.0. The van der Waals surface area contributed by atoms with E-state index in [1.165, 1.54) is 22.3 Å². The second-order valence-electron chi connectivity index (χ2n) is 10.3. The summed E-state index contributed by atoms with van der Waals surface area (Å²) in [7, 11) is 0. The van der Waals surface area contributed by atoms with Crippen molar-refractivity contribution < 1.29 is 18.7 Å². The van der Waals surface area contributed by atoms with E-state index in [9.17, 15) is 0 Å². The first kappa shape index (κ1) is 20.8. The van der Waals surface area contributed by atoms with Crippen molar-refractivity contribution in [3.05, 3.63) is 138 Å². The van der Waals surface area contributed by atoms with Crippen molar-refractivity contribution in [1.82, 2.24) is 4.68 Å². The lowest BCUT2D eigenvalue weighted by atomic mass is 9.85. The predicted octanol–water partition coefficient (Wildman–Crippen LogP) is 6.52. The van der Waals surface area contributed by atoms with Gasteiger partial charge in [0.2, 0.25) is 6.20 Å².